The monoisotopic (exact) mass is 457 g/mol. The van der Waals surface area contributed by atoms with Crippen LogP contribution in [0.25, 0.3) is 6.08 Å². The maximum atomic E-state index is 12.2. The zero-order chi connectivity index (χ0) is 20.6. The molecule has 0 aliphatic rings. The highest BCUT2D eigenvalue weighted by atomic mass is 35.6. The van der Waals surface area contributed by atoms with Gasteiger partial charge < -0.3 is 20.7 Å². The normalized spacial score (nSPS) is 12.3. The molecule has 0 saturated heterocycles. The number of thiocarbonyl (C=S) groups is 1. The smallest absolute Gasteiger partial charge is 0.245 e. The number of benzene rings is 2. The van der Waals surface area contributed by atoms with Crippen LogP contribution >= 0.6 is 47.0 Å². The molecular formula is C19H18Cl3N3O2S. The molecule has 2 aromatic carbocycles. The van der Waals surface area contributed by atoms with Crippen LogP contribution in [0.4, 0.5) is 5.69 Å². The average molecular weight is 459 g/mol. The Hall–Kier alpha value is -1.99. The third-order valence-electron chi connectivity index (χ3n) is 3.47. The molecule has 0 fully saturated rings. The van der Waals surface area contributed by atoms with Crippen LogP contribution in [0, 0.1) is 0 Å². The van der Waals surface area contributed by atoms with E-state index in [-0.39, 0.29) is 5.11 Å². The summed E-state index contributed by atoms with van der Waals surface area (Å²) in [7, 11) is 1.54. The molecule has 2 aromatic rings. The van der Waals surface area contributed by atoms with Gasteiger partial charge in [0.2, 0.25) is 9.70 Å². The van der Waals surface area contributed by atoms with Crippen molar-refractivity contribution in [3.05, 3.63) is 66.2 Å². The lowest BCUT2D eigenvalue weighted by molar-refractivity contribution is -0.117. The Morgan fingerprint density at radius 2 is 1.71 bits per heavy atom. The molecule has 0 spiro atoms. The van der Waals surface area contributed by atoms with Gasteiger partial charge in [-0.25, -0.2) is 0 Å². The molecule has 28 heavy (non-hydrogen) atoms. The molecule has 148 valence electrons. The molecule has 0 unspecified atom stereocenters. The zero-order valence-electron chi connectivity index (χ0n) is 14.8. The summed E-state index contributed by atoms with van der Waals surface area (Å²) >= 11 is 23.2. The SMILES string of the molecule is COc1ccccc1NC(=S)N[C@@H](NC(=O)/C=C/c1ccccc1)C(Cl)(Cl)Cl. The number of para-hydroxylation sites is 2. The first-order valence-corrected chi connectivity index (χ1v) is 9.64. The largest absolute Gasteiger partial charge is 0.495 e. The Labute approximate surface area is 184 Å². The van der Waals surface area contributed by atoms with Crippen molar-refractivity contribution in [3.63, 3.8) is 0 Å². The molecule has 3 N–H and O–H groups in total. The molecule has 0 heterocycles. The van der Waals surface area contributed by atoms with Crippen LogP contribution in [0.1, 0.15) is 5.56 Å². The van der Waals surface area contributed by atoms with Crippen molar-refractivity contribution < 1.29 is 9.53 Å². The van der Waals surface area contributed by atoms with Crippen molar-refractivity contribution in [1.29, 1.82) is 0 Å². The summed E-state index contributed by atoms with van der Waals surface area (Å²) < 4.78 is 3.41. The van der Waals surface area contributed by atoms with E-state index in [0.29, 0.717) is 11.4 Å². The van der Waals surface area contributed by atoms with Crippen LogP contribution in [-0.2, 0) is 4.79 Å². The molecule has 9 heteroatoms. The number of carbonyl (C=O) groups is 1. The first-order valence-electron chi connectivity index (χ1n) is 8.10. The summed E-state index contributed by atoms with van der Waals surface area (Å²) in [5.74, 6) is 0.139. The lowest BCUT2D eigenvalue weighted by Crippen LogP contribution is -2.55. The van der Waals surface area contributed by atoms with Gasteiger partial charge in [0.1, 0.15) is 11.9 Å². The highest BCUT2D eigenvalue weighted by Crippen LogP contribution is 2.29. The number of nitrogens with one attached hydrogen (secondary N) is 3. The van der Waals surface area contributed by atoms with Crippen molar-refractivity contribution in [2.24, 2.45) is 0 Å². The second-order valence-corrected chi connectivity index (χ2v) is 8.30. The maximum absolute atomic E-state index is 12.2. The number of alkyl halides is 3. The topological polar surface area (TPSA) is 62.4 Å². The van der Waals surface area contributed by atoms with E-state index in [0.717, 1.165) is 5.56 Å². The summed E-state index contributed by atoms with van der Waals surface area (Å²) in [6.45, 7) is 0. The molecule has 0 radical (unpaired) electrons. The Morgan fingerprint density at radius 3 is 2.36 bits per heavy atom. The van der Waals surface area contributed by atoms with Gasteiger partial charge in [0.25, 0.3) is 0 Å². The van der Waals surface area contributed by atoms with E-state index >= 15 is 0 Å². The number of carbonyl (C=O) groups excluding carboxylic acids is 1. The van der Waals surface area contributed by atoms with Crippen molar-refractivity contribution >= 4 is 69.8 Å². The first kappa shape index (κ1) is 22.3. The Bertz CT molecular complexity index is 842. The van der Waals surface area contributed by atoms with Gasteiger partial charge >= 0.3 is 0 Å². The van der Waals surface area contributed by atoms with E-state index in [4.69, 9.17) is 51.8 Å². The second kappa shape index (κ2) is 10.5. The van der Waals surface area contributed by atoms with Crippen molar-refractivity contribution in [2.75, 3.05) is 12.4 Å². The molecule has 0 bridgehead atoms. The van der Waals surface area contributed by atoms with Gasteiger partial charge in [-0.3, -0.25) is 4.79 Å². The molecule has 5 nitrogen and oxygen atoms in total. The van der Waals surface area contributed by atoms with E-state index in [1.54, 1.807) is 25.3 Å². The fraction of sp³-hybridized carbons (Fsp3) is 0.158. The van der Waals surface area contributed by atoms with Gasteiger partial charge in [-0.05, 0) is 36.0 Å². The predicted molar refractivity (Wildman–Crippen MR) is 120 cm³/mol. The standard InChI is InChI=1S/C19H18Cl3N3O2S/c1-27-15-10-6-5-9-14(15)23-18(28)25-17(19(20,21)22)24-16(26)12-11-13-7-3-2-4-8-13/h2-12,17H,1H3,(H,24,26)(H2,23,25,28)/b12-11+/t17-/m1/s1. The number of methoxy groups -OCH3 is 1. The lowest BCUT2D eigenvalue weighted by atomic mass is 10.2. The summed E-state index contributed by atoms with van der Waals surface area (Å²) in [6, 6.07) is 16.5. The number of anilines is 1. The van der Waals surface area contributed by atoms with Gasteiger partial charge in [0, 0.05) is 6.08 Å². The molecule has 2 rings (SSSR count). The van der Waals surface area contributed by atoms with E-state index in [9.17, 15) is 4.79 Å². The van der Waals surface area contributed by atoms with Crippen molar-refractivity contribution in [2.45, 2.75) is 9.96 Å². The van der Waals surface area contributed by atoms with E-state index in [2.05, 4.69) is 16.0 Å². The zero-order valence-corrected chi connectivity index (χ0v) is 17.9. The lowest BCUT2D eigenvalue weighted by Gasteiger charge is -2.27. The Kier molecular flexibility index (Phi) is 8.38. The Balaban J connectivity index is 2.02. The molecule has 0 aromatic heterocycles. The van der Waals surface area contributed by atoms with Gasteiger partial charge in [-0.1, -0.05) is 77.3 Å². The predicted octanol–water partition coefficient (Wildman–Crippen LogP) is 4.51. The Morgan fingerprint density at radius 1 is 1.07 bits per heavy atom. The number of hydrogen-bond donors (Lipinski definition) is 3. The third-order valence-corrected chi connectivity index (χ3v) is 4.35. The summed E-state index contributed by atoms with van der Waals surface area (Å²) in [6.07, 6.45) is 1.92. The number of amides is 1. The molecule has 0 aliphatic carbocycles. The molecule has 1 amide bonds. The molecule has 1 atom stereocenters. The van der Waals surface area contributed by atoms with Gasteiger partial charge in [0.05, 0.1) is 12.8 Å². The highest BCUT2D eigenvalue weighted by Gasteiger charge is 2.34. The van der Waals surface area contributed by atoms with Crippen LogP contribution < -0.4 is 20.7 Å². The van der Waals surface area contributed by atoms with Crippen LogP contribution in [-0.4, -0.2) is 28.1 Å². The van der Waals surface area contributed by atoms with E-state index < -0.39 is 15.9 Å². The minimum Gasteiger partial charge on any atom is -0.495 e. The quantitative estimate of drug-likeness (QED) is 0.257. The number of hydrogen-bond acceptors (Lipinski definition) is 3. The molecule has 0 saturated carbocycles. The average Bonchev–Trinajstić information content (AvgIpc) is 2.66. The maximum Gasteiger partial charge on any atom is 0.245 e. The first-order chi connectivity index (χ1) is 13.3. The van der Waals surface area contributed by atoms with Crippen molar-refractivity contribution in [1.82, 2.24) is 10.6 Å². The van der Waals surface area contributed by atoms with Gasteiger partial charge in [0.15, 0.2) is 5.11 Å². The molecular weight excluding hydrogens is 441 g/mol. The van der Waals surface area contributed by atoms with Crippen LogP contribution in [0.5, 0.6) is 5.75 Å². The van der Waals surface area contributed by atoms with Crippen molar-refractivity contribution in [3.8, 4) is 5.75 Å². The summed E-state index contributed by atoms with van der Waals surface area (Å²) in [5, 5.41) is 8.46. The minimum atomic E-state index is -1.84. The summed E-state index contributed by atoms with van der Waals surface area (Å²) in [4.78, 5) is 12.2. The van der Waals surface area contributed by atoms with E-state index in [1.165, 1.54) is 6.08 Å². The number of halogens is 3. The highest BCUT2D eigenvalue weighted by molar-refractivity contribution is 7.80. The van der Waals surface area contributed by atoms with Crippen LogP contribution in [0.2, 0.25) is 0 Å². The minimum absolute atomic E-state index is 0.146. The number of ether oxygens (including phenoxy) is 1. The molecule has 0 aliphatic heterocycles. The fourth-order valence-electron chi connectivity index (χ4n) is 2.16. The van der Waals surface area contributed by atoms with Gasteiger partial charge in [-0.2, -0.15) is 0 Å². The fourth-order valence-corrected chi connectivity index (χ4v) is 2.72. The third kappa shape index (κ3) is 7.20. The number of rotatable bonds is 6. The summed E-state index contributed by atoms with van der Waals surface area (Å²) in [5.41, 5.74) is 1.49. The second-order valence-electron chi connectivity index (χ2n) is 5.53. The van der Waals surface area contributed by atoms with Crippen LogP contribution in [0.3, 0.4) is 0 Å². The van der Waals surface area contributed by atoms with Gasteiger partial charge in [-0.15, -0.1) is 0 Å². The van der Waals surface area contributed by atoms with Crippen LogP contribution in [0.15, 0.2) is 60.7 Å². The van der Waals surface area contributed by atoms with E-state index in [1.807, 2.05) is 42.5 Å².